The second-order valence-corrected chi connectivity index (χ2v) is 9.10. The molecule has 1 aliphatic rings. The van der Waals surface area contributed by atoms with Crippen LogP contribution in [0, 0.1) is 0 Å². The minimum Gasteiger partial charge on any atom is -0.491 e. The van der Waals surface area contributed by atoms with E-state index in [1.807, 2.05) is 0 Å². The molecule has 0 radical (unpaired) electrons. The number of carbonyl (C=O) groups excluding carboxylic acids is 2. The molecule has 0 bridgehead atoms. The molecule has 1 saturated heterocycles. The first-order valence-corrected chi connectivity index (χ1v) is 12.8. The van der Waals surface area contributed by atoms with Gasteiger partial charge in [-0.2, -0.15) is 0 Å². The standard InChI is InChI=1S/C26H33N7O5/c1-3-33-24(36)19-9-10-20(38-16-18(34)8-7-13-32-11-5-4-6-12-32)22(37-2)21(19)30-26(33)31-23(35)17-14-28-25(27)29-15-17/h9-10,14-15H,3-8,11-13,16H2,1-2H3,(H2,27,28,29)(H,30,31,35). The molecule has 4 rings (SSSR count). The summed E-state index contributed by atoms with van der Waals surface area (Å²) in [7, 11) is 1.43. The Morgan fingerprint density at radius 2 is 1.87 bits per heavy atom. The van der Waals surface area contributed by atoms with E-state index in [0.29, 0.717) is 6.42 Å². The lowest BCUT2D eigenvalue weighted by Crippen LogP contribution is -2.31. The number of ketones is 1. The number of nitrogens with two attached hydrogens (primary N) is 1. The van der Waals surface area contributed by atoms with Crippen LogP contribution in [0.15, 0.2) is 29.3 Å². The van der Waals surface area contributed by atoms with Crippen molar-refractivity contribution >= 4 is 34.5 Å². The first-order chi connectivity index (χ1) is 18.4. The number of nitrogens with zero attached hydrogens (tertiary/aromatic N) is 5. The number of benzene rings is 1. The normalized spacial score (nSPS) is 13.8. The predicted molar refractivity (Wildman–Crippen MR) is 143 cm³/mol. The maximum Gasteiger partial charge on any atom is 0.262 e. The van der Waals surface area contributed by atoms with Gasteiger partial charge < -0.3 is 20.1 Å². The summed E-state index contributed by atoms with van der Waals surface area (Å²) in [6.07, 6.45) is 7.50. The highest BCUT2D eigenvalue weighted by Gasteiger charge is 2.20. The molecular formula is C26H33N7O5. The Bertz CT molecular complexity index is 1350. The van der Waals surface area contributed by atoms with Crippen molar-refractivity contribution in [1.82, 2.24) is 24.4 Å². The van der Waals surface area contributed by atoms with Gasteiger partial charge in [-0.25, -0.2) is 15.0 Å². The average Bonchev–Trinajstić information content (AvgIpc) is 2.92. The molecule has 1 aromatic carbocycles. The number of methoxy groups -OCH3 is 1. The largest absolute Gasteiger partial charge is 0.491 e. The Morgan fingerprint density at radius 1 is 1.13 bits per heavy atom. The van der Waals surface area contributed by atoms with Crippen LogP contribution < -0.4 is 26.1 Å². The molecule has 38 heavy (non-hydrogen) atoms. The Morgan fingerprint density at radius 3 is 2.55 bits per heavy atom. The number of hydrogen-bond acceptors (Lipinski definition) is 10. The zero-order valence-corrected chi connectivity index (χ0v) is 21.7. The van der Waals surface area contributed by atoms with Gasteiger partial charge >= 0.3 is 0 Å². The molecule has 0 unspecified atom stereocenters. The molecule has 12 heteroatoms. The zero-order chi connectivity index (χ0) is 27.1. The van der Waals surface area contributed by atoms with Gasteiger partial charge in [-0.1, -0.05) is 6.42 Å². The van der Waals surface area contributed by atoms with Crippen LogP contribution in [0.3, 0.4) is 0 Å². The molecule has 1 aliphatic heterocycles. The number of ether oxygens (including phenoxy) is 2. The summed E-state index contributed by atoms with van der Waals surface area (Å²) in [6.45, 7) is 5.03. The quantitative estimate of drug-likeness (QED) is 0.382. The predicted octanol–water partition coefficient (Wildman–Crippen LogP) is 2.26. The molecule has 12 nitrogen and oxygen atoms in total. The van der Waals surface area contributed by atoms with Crippen molar-refractivity contribution in [1.29, 1.82) is 0 Å². The number of nitrogens with one attached hydrogen (secondary N) is 1. The number of fused-ring (bicyclic) bond motifs is 1. The highest BCUT2D eigenvalue weighted by atomic mass is 16.5. The van der Waals surface area contributed by atoms with Crippen LogP contribution in [0.5, 0.6) is 11.5 Å². The van der Waals surface area contributed by atoms with Crippen LogP contribution in [0.2, 0.25) is 0 Å². The number of rotatable bonds is 11. The van der Waals surface area contributed by atoms with Gasteiger partial charge in [-0.15, -0.1) is 0 Å². The Hall–Kier alpha value is -4.06. The topological polar surface area (TPSA) is 155 Å². The van der Waals surface area contributed by atoms with Crippen molar-refractivity contribution in [3.05, 3.63) is 40.4 Å². The van der Waals surface area contributed by atoms with Gasteiger partial charge in [0.2, 0.25) is 11.9 Å². The average molecular weight is 524 g/mol. The van der Waals surface area contributed by atoms with Crippen molar-refractivity contribution < 1.29 is 19.1 Å². The zero-order valence-electron chi connectivity index (χ0n) is 21.7. The van der Waals surface area contributed by atoms with E-state index in [0.717, 1.165) is 26.1 Å². The maximum absolute atomic E-state index is 13.2. The van der Waals surface area contributed by atoms with Crippen molar-refractivity contribution in [3.8, 4) is 11.5 Å². The number of amides is 1. The molecule has 0 spiro atoms. The lowest BCUT2D eigenvalue weighted by molar-refractivity contribution is -0.121. The summed E-state index contributed by atoms with van der Waals surface area (Å²) in [6, 6.07) is 3.17. The van der Waals surface area contributed by atoms with Gasteiger partial charge in [0.1, 0.15) is 12.1 Å². The summed E-state index contributed by atoms with van der Waals surface area (Å²) in [5, 5.41) is 2.93. The van der Waals surface area contributed by atoms with Crippen LogP contribution in [0.25, 0.3) is 10.9 Å². The summed E-state index contributed by atoms with van der Waals surface area (Å²) in [5.41, 5.74) is 5.49. The lowest BCUT2D eigenvalue weighted by Gasteiger charge is -2.26. The van der Waals surface area contributed by atoms with Gasteiger partial charge in [0, 0.05) is 25.4 Å². The molecular weight excluding hydrogens is 490 g/mol. The molecule has 0 saturated carbocycles. The number of anilines is 2. The third-order valence-corrected chi connectivity index (χ3v) is 6.49. The second-order valence-electron chi connectivity index (χ2n) is 9.10. The van der Waals surface area contributed by atoms with E-state index in [1.54, 1.807) is 19.1 Å². The number of Topliss-reactive ketones (excluding diaryl/α,β-unsaturated/α-hetero) is 1. The molecule has 3 N–H and O–H groups in total. The fourth-order valence-corrected chi connectivity index (χ4v) is 4.49. The first kappa shape index (κ1) is 27.0. The number of hydrogen-bond donors (Lipinski definition) is 2. The van der Waals surface area contributed by atoms with Crippen molar-refractivity contribution in [2.45, 2.75) is 45.6 Å². The van der Waals surface area contributed by atoms with Crippen LogP contribution in [-0.2, 0) is 11.3 Å². The summed E-state index contributed by atoms with van der Waals surface area (Å²) >= 11 is 0. The summed E-state index contributed by atoms with van der Waals surface area (Å²) in [4.78, 5) is 53.0. The molecule has 3 aromatic rings. The van der Waals surface area contributed by atoms with Crippen molar-refractivity contribution in [3.63, 3.8) is 0 Å². The molecule has 0 atom stereocenters. The Kier molecular flexibility index (Phi) is 8.85. The highest BCUT2D eigenvalue weighted by Crippen LogP contribution is 2.34. The monoisotopic (exact) mass is 523 g/mol. The highest BCUT2D eigenvalue weighted by molar-refractivity contribution is 6.03. The van der Waals surface area contributed by atoms with Gasteiger partial charge in [-0.05, 0) is 58.0 Å². The van der Waals surface area contributed by atoms with Gasteiger partial charge in [-0.3, -0.25) is 24.3 Å². The summed E-state index contributed by atoms with van der Waals surface area (Å²) < 4.78 is 12.7. The van der Waals surface area contributed by atoms with Gasteiger partial charge in [0.15, 0.2) is 17.3 Å². The minimum absolute atomic E-state index is 0.0165. The van der Waals surface area contributed by atoms with Crippen LogP contribution in [-0.4, -0.2) is 69.5 Å². The summed E-state index contributed by atoms with van der Waals surface area (Å²) in [5.74, 6) is -0.0214. The van der Waals surface area contributed by atoms with Gasteiger partial charge in [0.25, 0.3) is 11.5 Å². The number of carbonyl (C=O) groups is 2. The smallest absolute Gasteiger partial charge is 0.262 e. The van der Waals surface area contributed by atoms with Gasteiger partial charge in [0.05, 0.1) is 18.1 Å². The molecule has 0 aliphatic carbocycles. The molecule has 3 heterocycles. The molecule has 1 amide bonds. The fourth-order valence-electron chi connectivity index (χ4n) is 4.49. The number of nitrogen functional groups attached to an aromatic ring is 1. The SMILES string of the molecule is CCn1c(NC(=O)c2cnc(N)nc2)nc2c(OC)c(OCC(=O)CCCN3CCCCC3)ccc2c1=O. The molecule has 2 aromatic heterocycles. The Balaban J connectivity index is 1.51. The van der Waals surface area contributed by atoms with E-state index >= 15 is 0 Å². The van der Waals surface area contributed by atoms with E-state index in [1.165, 1.54) is 43.3 Å². The van der Waals surface area contributed by atoms with Crippen LogP contribution in [0.4, 0.5) is 11.9 Å². The lowest BCUT2D eigenvalue weighted by atomic mass is 10.1. The maximum atomic E-state index is 13.2. The van der Waals surface area contributed by atoms with Crippen molar-refractivity contribution in [2.75, 3.05) is 44.4 Å². The second kappa shape index (κ2) is 12.5. The van der Waals surface area contributed by atoms with E-state index in [9.17, 15) is 14.4 Å². The third-order valence-electron chi connectivity index (χ3n) is 6.49. The van der Waals surface area contributed by atoms with Crippen LogP contribution >= 0.6 is 0 Å². The minimum atomic E-state index is -0.556. The van der Waals surface area contributed by atoms with E-state index < -0.39 is 5.91 Å². The third kappa shape index (κ3) is 6.25. The van der Waals surface area contributed by atoms with E-state index in [4.69, 9.17) is 15.2 Å². The number of likely N-dealkylation sites (tertiary alicyclic amines) is 1. The van der Waals surface area contributed by atoms with E-state index in [-0.39, 0.29) is 64.4 Å². The number of piperidine rings is 1. The number of aromatic nitrogens is 4. The fraction of sp³-hybridized carbons (Fsp3) is 0.462. The Labute approximate surface area is 220 Å². The van der Waals surface area contributed by atoms with Crippen molar-refractivity contribution in [2.24, 2.45) is 0 Å². The van der Waals surface area contributed by atoms with Crippen LogP contribution in [0.1, 0.15) is 49.4 Å². The first-order valence-electron chi connectivity index (χ1n) is 12.8. The molecule has 1 fully saturated rings. The van der Waals surface area contributed by atoms with E-state index in [2.05, 4.69) is 25.2 Å². The molecule has 202 valence electrons.